The molecule has 2 rings (SSSR count). The molecule has 94 valence electrons. The summed E-state index contributed by atoms with van der Waals surface area (Å²) in [7, 11) is 0. The van der Waals surface area contributed by atoms with Gasteiger partial charge in [0.2, 0.25) is 0 Å². The van der Waals surface area contributed by atoms with Crippen LogP contribution in [0.2, 0.25) is 0 Å². The zero-order chi connectivity index (χ0) is 13.1. The van der Waals surface area contributed by atoms with Gasteiger partial charge in [0.1, 0.15) is 0 Å². The van der Waals surface area contributed by atoms with Crippen LogP contribution in [-0.4, -0.2) is 17.5 Å². The van der Waals surface area contributed by atoms with Crippen LogP contribution >= 0.6 is 0 Å². The van der Waals surface area contributed by atoms with E-state index in [-0.39, 0.29) is 0 Å². The largest absolute Gasteiger partial charge is 0.302 e. The lowest BCUT2D eigenvalue weighted by molar-refractivity contribution is 0.563. The summed E-state index contributed by atoms with van der Waals surface area (Å²) in [6.45, 7) is 0. The van der Waals surface area contributed by atoms with E-state index < -0.39 is 22.2 Å². The molecule has 0 aliphatic rings. The van der Waals surface area contributed by atoms with E-state index in [4.69, 9.17) is 9.11 Å². The second-order valence-corrected chi connectivity index (χ2v) is 5.49. The maximum absolute atomic E-state index is 10.8. The zero-order valence-corrected chi connectivity index (χ0v) is 10.8. The lowest BCUT2D eigenvalue weighted by Crippen LogP contribution is -1.89. The Bertz CT molecular complexity index is 535. The predicted octanol–water partition coefficient (Wildman–Crippen LogP) is 2.51. The Morgan fingerprint density at radius 1 is 0.611 bits per heavy atom. The van der Waals surface area contributed by atoms with Crippen LogP contribution in [0.4, 0.5) is 0 Å². The van der Waals surface area contributed by atoms with E-state index >= 15 is 0 Å². The van der Waals surface area contributed by atoms with Gasteiger partial charge in [-0.15, -0.1) is 0 Å². The predicted molar refractivity (Wildman–Crippen MR) is 70.0 cm³/mol. The van der Waals surface area contributed by atoms with Gasteiger partial charge in [-0.05, 0) is 35.4 Å². The summed E-state index contributed by atoms with van der Waals surface area (Å²) in [6.07, 6.45) is 0. The van der Waals surface area contributed by atoms with Gasteiger partial charge in [0.25, 0.3) is 0 Å². The minimum atomic E-state index is -1.98. The van der Waals surface area contributed by atoms with Crippen molar-refractivity contribution in [2.75, 3.05) is 0 Å². The zero-order valence-electron chi connectivity index (χ0n) is 9.15. The Labute approximate surface area is 109 Å². The van der Waals surface area contributed by atoms with Crippen molar-refractivity contribution in [3.05, 3.63) is 48.5 Å². The van der Waals surface area contributed by atoms with Gasteiger partial charge in [0.15, 0.2) is 22.2 Å². The first kappa shape index (κ1) is 13.1. The highest BCUT2D eigenvalue weighted by Gasteiger charge is 2.03. The van der Waals surface area contributed by atoms with Crippen molar-refractivity contribution in [3.63, 3.8) is 0 Å². The smallest absolute Gasteiger partial charge is 0.186 e. The summed E-state index contributed by atoms with van der Waals surface area (Å²) in [6, 6.07) is 13.2. The lowest BCUT2D eigenvalue weighted by atomic mass is 10.1. The van der Waals surface area contributed by atoms with Gasteiger partial charge < -0.3 is 9.11 Å². The Morgan fingerprint density at radius 3 is 1.11 bits per heavy atom. The molecule has 18 heavy (non-hydrogen) atoms. The topological polar surface area (TPSA) is 74.6 Å². The summed E-state index contributed by atoms with van der Waals surface area (Å²) in [5.74, 6) is 0. The maximum atomic E-state index is 10.8. The minimum Gasteiger partial charge on any atom is -0.302 e. The highest BCUT2D eigenvalue weighted by atomic mass is 32.2. The third-order valence-corrected chi connectivity index (χ3v) is 3.80. The van der Waals surface area contributed by atoms with E-state index in [2.05, 4.69) is 0 Å². The van der Waals surface area contributed by atoms with Gasteiger partial charge in [-0.2, -0.15) is 0 Å². The van der Waals surface area contributed by atoms with Crippen molar-refractivity contribution in [2.24, 2.45) is 0 Å². The SMILES string of the molecule is O=S(O)c1ccc(-c2ccc(S(=O)O)cc2)cc1. The molecule has 2 N–H and O–H groups in total. The van der Waals surface area contributed by atoms with Crippen molar-refractivity contribution >= 4 is 22.2 Å². The van der Waals surface area contributed by atoms with E-state index in [0.717, 1.165) is 11.1 Å². The van der Waals surface area contributed by atoms with Crippen molar-refractivity contribution < 1.29 is 17.5 Å². The molecular formula is C12H10O4S2. The second kappa shape index (κ2) is 5.53. The van der Waals surface area contributed by atoms with Gasteiger partial charge in [0.05, 0.1) is 9.79 Å². The third-order valence-electron chi connectivity index (χ3n) is 2.45. The number of benzene rings is 2. The molecule has 0 spiro atoms. The molecule has 0 amide bonds. The molecule has 0 aromatic heterocycles. The summed E-state index contributed by atoms with van der Waals surface area (Å²) >= 11 is -3.95. The highest BCUT2D eigenvalue weighted by molar-refractivity contribution is 7.79. The van der Waals surface area contributed by atoms with Crippen molar-refractivity contribution in [3.8, 4) is 11.1 Å². The van der Waals surface area contributed by atoms with E-state index in [0.29, 0.717) is 9.79 Å². The van der Waals surface area contributed by atoms with Crippen LogP contribution in [0.25, 0.3) is 11.1 Å². The van der Waals surface area contributed by atoms with Crippen LogP contribution in [0, 0.1) is 0 Å². The van der Waals surface area contributed by atoms with E-state index in [1.807, 2.05) is 0 Å². The average Bonchev–Trinajstić information content (AvgIpc) is 2.39. The second-order valence-electron chi connectivity index (χ2n) is 3.55. The van der Waals surface area contributed by atoms with E-state index in [9.17, 15) is 8.42 Å². The fraction of sp³-hybridized carbons (Fsp3) is 0. The normalized spacial score (nSPS) is 14.1. The fourth-order valence-electron chi connectivity index (χ4n) is 1.53. The molecule has 0 bridgehead atoms. The summed E-state index contributed by atoms with van der Waals surface area (Å²) in [5, 5.41) is 0. The molecule has 0 aliphatic carbocycles. The van der Waals surface area contributed by atoms with Crippen LogP contribution < -0.4 is 0 Å². The molecule has 2 atom stereocenters. The van der Waals surface area contributed by atoms with Crippen LogP contribution in [0.1, 0.15) is 0 Å². The molecule has 0 aliphatic heterocycles. The van der Waals surface area contributed by atoms with E-state index in [1.54, 1.807) is 48.5 Å². The number of rotatable bonds is 3. The Kier molecular flexibility index (Phi) is 4.03. The summed E-state index contributed by atoms with van der Waals surface area (Å²) < 4.78 is 39.4. The Hall–Kier alpha value is -1.34. The number of hydrogen-bond donors (Lipinski definition) is 2. The van der Waals surface area contributed by atoms with Crippen molar-refractivity contribution in [1.29, 1.82) is 0 Å². The van der Waals surface area contributed by atoms with Crippen LogP contribution in [0.5, 0.6) is 0 Å². The summed E-state index contributed by atoms with van der Waals surface area (Å²) in [4.78, 5) is 0.679. The average molecular weight is 282 g/mol. The van der Waals surface area contributed by atoms with Crippen LogP contribution in [-0.2, 0) is 22.2 Å². The Balaban J connectivity index is 2.31. The van der Waals surface area contributed by atoms with Crippen LogP contribution in [0.3, 0.4) is 0 Å². The summed E-state index contributed by atoms with van der Waals surface area (Å²) in [5.41, 5.74) is 1.75. The standard InChI is InChI=1S/C12H10O4S2/c13-17(14)11-5-1-9(2-6-11)10-3-7-12(8-4-10)18(15)16/h1-8H,(H,13,14)(H,15,16). The molecule has 0 fully saturated rings. The van der Waals surface area contributed by atoms with Gasteiger partial charge in [0, 0.05) is 0 Å². The lowest BCUT2D eigenvalue weighted by Gasteiger charge is -2.03. The molecule has 0 saturated heterocycles. The molecule has 6 heteroatoms. The maximum Gasteiger partial charge on any atom is 0.186 e. The van der Waals surface area contributed by atoms with Gasteiger partial charge in [-0.25, -0.2) is 8.42 Å². The molecular weight excluding hydrogens is 272 g/mol. The highest BCUT2D eigenvalue weighted by Crippen LogP contribution is 2.21. The van der Waals surface area contributed by atoms with Crippen LogP contribution in [0.15, 0.2) is 58.3 Å². The molecule has 0 saturated carbocycles. The fourth-order valence-corrected chi connectivity index (χ4v) is 2.27. The third kappa shape index (κ3) is 2.91. The first-order chi connectivity index (χ1) is 8.58. The van der Waals surface area contributed by atoms with Gasteiger partial charge >= 0.3 is 0 Å². The quantitative estimate of drug-likeness (QED) is 0.848. The molecule has 2 aromatic carbocycles. The molecule has 4 nitrogen and oxygen atoms in total. The first-order valence-electron chi connectivity index (χ1n) is 5.00. The molecule has 2 aromatic rings. The van der Waals surface area contributed by atoms with E-state index in [1.165, 1.54) is 0 Å². The van der Waals surface area contributed by atoms with Crippen molar-refractivity contribution in [1.82, 2.24) is 0 Å². The molecule has 2 unspecified atom stereocenters. The van der Waals surface area contributed by atoms with Gasteiger partial charge in [-0.3, -0.25) is 0 Å². The molecule has 0 heterocycles. The Morgan fingerprint density at radius 2 is 0.889 bits per heavy atom. The monoisotopic (exact) mass is 282 g/mol. The van der Waals surface area contributed by atoms with Crippen molar-refractivity contribution in [2.45, 2.75) is 9.79 Å². The molecule has 0 radical (unpaired) electrons. The van der Waals surface area contributed by atoms with Gasteiger partial charge in [-0.1, -0.05) is 24.3 Å². The number of hydrogen-bond acceptors (Lipinski definition) is 2. The minimum absolute atomic E-state index is 0.340. The first-order valence-corrected chi connectivity index (χ1v) is 7.21.